The molecule has 0 saturated carbocycles. The standard InChI is InChI=1S/C15H13FN4O/c16-13-7-4-8-14(12(13)9-17)21-15-18-10-20(19-15)11-5-2-1-3-6-11/h1-8,10H,9,17H2. The van der Waals surface area contributed by atoms with Gasteiger partial charge in [-0.3, -0.25) is 0 Å². The summed E-state index contributed by atoms with van der Waals surface area (Å²) in [7, 11) is 0. The molecule has 1 heterocycles. The number of nitrogens with zero attached hydrogens (tertiary/aromatic N) is 3. The average Bonchev–Trinajstić information content (AvgIpc) is 2.97. The predicted molar refractivity (Wildman–Crippen MR) is 75.7 cm³/mol. The lowest BCUT2D eigenvalue weighted by Gasteiger charge is -2.07. The van der Waals surface area contributed by atoms with Crippen molar-refractivity contribution >= 4 is 0 Å². The monoisotopic (exact) mass is 284 g/mol. The summed E-state index contributed by atoms with van der Waals surface area (Å²) >= 11 is 0. The maximum absolute atomic E-state index is 13.6. The molecule has 21 heavy (non-hydrogen) atoms. The first-order valence-electron chi connectivity index (χ1n) is 6.40. The Kier molecular flexibility index (Phi) is 3.61. The molecule has 0 aliphatic heterocycles. The number of ether oxygens (including phenoxy) is 1. The Balaban J connectivity index is 1.87. The highest BCUT2D eigenvalue weighted by molar-refractivity contribution is 5.36. The van der Waals surface area contributed by atoms with Crippen molar-refractivity contribution in [1.82, 2.24) is 14.8 Å². The number of rotatable bonds is 4. The normalized spacial score (nSPS) is 10.6. The fourth-order valence-electron chi connectivity index (χ4n) is 1.93. The Bertz CT molecular complexity index is 742. The molecule has 0 aliphatic rings. The molecule has 0 bridgehead atoms. The van der Waals surface area contributed by atoms with Crippen LogP contribution in [-0.2, 0) is 6.54 Å². The lowest BCUT2D eigenvalue weighted by atomic mass is 10.2. The van der Waals surface area contributed by atoms with E-state index in [0.29, 0.717) is 11.3 Å². The molecule has 5 nitrogen and oxygen atoms in total. The SMILES string of the molecule is NCc1c(F)cccc1Oc1ncn(-c2ccccc2)n1. The van der Waals surface area contributed by atoms with Crippen molar-refractivity contribution in [3.63, 3.8) is 0 Å². The van der Waals surface area contributed by atoms with Crippen molar-refractivity contribution < 1.29 is 9.13 Å². The minimum absolute atomic E-state index is 0.0431. The van der Waals surface area contributed by atoms with Gasteiger partial charge < -0.3 is 10.5 Å². The summed E-state index contributed by atoms with van der Waals surface area (Å²) in [6.45, 7) is 0.0431. The molecule has 0 fully saturated rings. The molecular weight excluding hydrogens is 271 g/mol. The molecule has 0 amide bonds. The van der Waals surface area contributed by atoms with E-state index in [1.807, 2.05) is 30.3 Å². The Morgan fingerprint density at radius 1 is 1.10 bits per heavy atom. The molecule has 0 atom stereocenters. The minimum atomic E-state index is -0.405. The highest BCUT2D eigenvalue weighted by Crippen LogP contribution is 2.25. The van der Waals surface area contributed by atoms with Crippen LogP contribution in [0.25, 0.3) is 5.69 Å². The van der Waals surface area contributed by atoms with Crippen LogP contribution in [0.15, 0.2) is 54.9 Å². The van der Waals surface area contributed by atoms with Gasteiger partial charge in [0.1, 0.15) is 17.9 Å². The van der Waals surface area contributed by atoms with Gasteiger partial charge in [-0.1, -0.05) is 24.3 Å². The molecule has 0 aliphatic carbocycles. The largest absolute Gasteiger partial charge is 0.423 e. The maximum Gasteiger partial charge on any atom is 0.341 e. The van der Waals surface area contributed by atoms with E-state index >= 15 is 0 Å². The van der Waals surface area contributed by atoms with Crippen LogP contribution < -0.4 is 10.5 Å². The number of aromatic nitrogens is 3. The summed E-state index contributed by atoms with van der Waals surface area (Å²) < 4.78 is 20.7. The molecule has 6 heteroatoms. The molecule has 0 unspecified atom stereocenters. The topological polar surface area (TPSA) is 66.0 Å². The second-order valence-electron chi connectivity index (χ2n) is 4.33. The minimum Gasteiger partial charge on any atom is -0.423 e. The summed E-state index contributed by atoms with van der Waals surface area (Å²) in [6, 6.07) is 14.2. The van der Waals surface area contributed by atoms with Gasteiger partial charge in [0.15, 0.2) is 0 Å². The van der Waals surface area contributed by atoms with Crippen LogP contribution >= 0.6 is 0 Å². The first kappa shape index (κ1) is 13.3. The summed E-state index contributed by atoms with van der Waals surface area (Å²) in [5.41, 5.74) is 6.69. The van der Waals surface area contributed by atoms with Crippen molar-refractivity contribution in [3.8, 4) is 17.4 Å². The molecule has 2 aromatic carbocycles. The van der Waals surface area contributed by atoms with Gasteiger partial charge in [-0.25, -0.2) is 9.07 Å². The van der Waals surface area contributed by atoms with Crippen molar-refractivity contribution in [1.29, 1.82) is 0 Å². The van der Waals surface area contributed by atoms with Gasteiger partial charge in [0.25, 0.3) is 0 Å². The third-order valence-corrected chi connectivity index (χ3v) is 2.97. The molecule has 3 rings (SSSR count). The predicted octanol–water partition coefficient (Wildman–Crippen LogP) is 2.66. The van der Waals surface area contributed by atoms with Gasteiger partial charge in [-0.2, -0.15) is 4.98 Å². The van der Waals surface area contributed by atoms with E-state index in [0.717, 1.165) is 5.69 Å². The fourth-order valence-corrected chi connectivity index (χ4v) is 1.93. The number of halogens is 1. The highest BCUT2D eigenvalue weighted by atomic mass is 19.1. The smallest absolute Gasteiger partial charge is 0.341 e. The van der Waals surface area contributed by atoms with Crippen LogP contribution in [0.3, 0.4) is 0 Å². The maximum atomic E-state index is 13.6. The van der Waals surface area contributed by atoms with E-state index in [1.54, 1.807) is 16.8 Å². The van der Waals surface area contributed by atoms with Crippen LogP contribution in [0.2, 0.25) is 0 Å². The van der Waals surface area contributed by atoms with E-state index in [4.69, 9.17) is 10.5 Å². The van der Waals surface area contributed by atoms with Crippen molar-refractivity contribution in [2.45, 2.75) is 6.54 Å². The average molecular weight is 284 g/mol. The quantitative estimate of drug-likeness (QED) is 0.800. The first-order valence-corrected chi connectivity index (χ1v) is 6.40. The molecular formula is C15H13FN4O. The molecule has 106 valence electrons. The summed E-state index contributed by atoms with van der Waals surface area (Å²) in [5.74, 6) is -0.0826. The van der Waals surface area contributed by atoms with Gasteiger partial charge in [0.2, 0.25) is 0 Å². The Hall–Kier alpha value is -2.73. The van der Waals surface area contributed by atoms with Gasteiger partial charge in [-0.15, -0.1) is 5.10 Å². The van der Waals surface area contributed by atoms with Gasteiger partial charge in [-0.05, 0) is 24.3 Å². The van der Waals surface area contributed by atoms with Crippen LogP contribution in [-0.4, -0.2) is 14.8 Å². The molecule has 0 spiro atoms. The Morgan fingerprint density at radius 2 is 1.90 bits per heavy atom. The zero-order chi connectivity index (χ0) is 14.7. The molecule has 1 aromatic heterocycles. The number of benzene rings is 2. The fraction of sp³-hybridized carbons (Fsp3) is 0.0667. The van der Waals surface area contributed by atoms with Gasteiger partial charge >= 0.3 is 6.01 Å². The molecule has 2 N–H and O–H groups in total. The lowest BCUT2D eigenvalue weighted by Crippen LogP contribution is -2.03. The second kappa shape index (κ2) is 5.72. The van der Waals surface area contributed by atoms with Crippen molar-refractivity contribution in [3.05, 3.63) is 66.2 Å². The molecule has 0 radical (unpaired) electrons. The lowest BCUT2D eigenvalue weighted by molar-refractivity contribution is 0.430. The second-order valence-corrected chi connectivity index (χ2v) is 4.33. The number of hydrogen-bond acceptors (Lipinski definition) is 4. The third kappa shape index (κ3) is 2.75. The Labute approximate surface area is 120 Å². The highest BCUT2D eigenvalue weighted by Gasteiger charge is 2.11. The zero-order valence-electron chi connectivity index (χ0n) is 11.1. The van der Waals surface area contributed by atoms with E-state index in [-0.39, 0.29) is 12.6 Å². The van der Waals surface area contributed by atoms with Crippen molar-refractivity contribution in [2.24, 2.45) is 5.73 Å². The third-order valence-electron chi connectivity index (χ3n) is 2.97. The van der Waals surface area contributed by atoms with E-state index in [1.165, 1.54) is 12.4 Å². The number of hydrogen-bond donors (Lipinski definition) is 1. The Morgan fingerprint density at radius 3 is 2.67 bits per heavy atom. The number of nitrogens with two attached hydrogens (primary N) is 1. The van der Waals surface area contributed by atoms with Crippen molar-refractivity contribution in [2.75, 3.05) is 0 Å². The van der Waals surface area contributed by atoms with Crippen LogP contribution in [0.4, 0.5) is 4.39 Å². The zero-order valence-corrected chi connectivity index (χ0v) is 11.1. The van der Waals surface area contributed by atoms with E-state index in [2.05, 4.69) is 10.1 Å². The number of para-hydroxylation sites is 1. The summed E-state index contributed by atoms with van der Waals surface area (Å²) in [6.07, 6.45) is 1.53. The molecule has 0 saturated heterocycles. The van der Waals surface area contributed by atoms with Gasteiger partial charge in [0.05, 0.1) is 5.69 Å². The van der Waals surface area contributed by atoms with Crippen LogP contribution in [0.1, 0.15) is 5.56 Å². The first-order chi connectivity index (χ1) is 10.3. The summed E-state index contributed by atoms with van der Waals surface area (Å²) in [4.78, 5) is 4.06. The summed E-state index contributed by atoms with van der Waals surface area (Å²) in [5, 5.41) is 4.20. The van der Waals surface area contributed by atoms with Crippen LogP contribution in [0, 0.1) is 5.82 Å². The van der Waals surface area contributed by atoms with E-state index < -0.39 is 5.82 Å². The van der Waals surface area contributed by atoms with E-state index in [9.17, 15) is 4.39 Å². The van der Waals surface area contributed by atoms with Crippen LogP contribution in [0.5, 0.6) is 11.8 Å². The molecule has 3 aromatic rings. The van der Waals surface area contributed by atoms with Gasteiger partial charge in [0, 0.05) is 12.1 Å².